The maximum absolute atomic E-state index is 12.9. The van der Waals surface area contributed by atoms with E-state index >= 15 is 0 Å². The van der Waals surface area contributed by atoms with Crippen molar-refractivity contribution in [2.45, 2.75) is 162 Å². The molecule has 0 aliphatic heterocycles. The van der Waals surface area contributed by atoms with Crippen LogP contribution in [-0.2, 0) is 0 Å². The smallest absolute Gasteiger partial charge is 0.343 e. The van der Waals surface area contributed by atoms with Crippen molar-refractivity contribution < 1.29 is 38.0 Å². The van der Waals surface area contributed by atoms with E-state index < -0.39 is 11.9 Å². The molecule has 8 heteroatoms. The van der Waals surface area contributed by atoms with Gasteiger partial charge in [-0.2, -0.15) is 0 Å². The van der Waals surface area contributed by atoms with Crippen LogP contribution in [0.4, 0.5) is 0 Å². The van der Waals surface area contributed by atoms with Gasteiger partial charge in [0.2, 0.25) is 0 Å². The molecule has 0 heterocycles. The Balaban J connectivity index is 0.780. The van der Waals surface area contributed by atoms with E-state index in [1.807, 2.05) is 72.8 Å². The molecule has 6 aromatic rings. The maximum atomic E-state index is 12.9. The Hall–Kier alpha value is -6.54. The zero-order valence-corrected chi connectivity index (χ0v) is 45.2. The standard InChI is InChI=1S/C67H84O8/c1-3-5-7-9-11-13-15-17-19-22-50-70-60-38-34-56(35-39-60)54-26-30-58(31-27-54)66(68)74-64-46-42-62(43-47-64)72-52-24-21-25-53-73-63-44-48-65(49-45-63)75-67(69)59-32-28-55(29-33-59)57-36-40-61(41-37-57)71-51-23-20-18-16-14-12-10-8-6-4-2/h26-49H,3-25,50-53H2,1-2H3. The number of hydrogen-bond acceptors (Lipinski definition) is 8. The largest absolute Gasteiger partial charge is 0.494 e. The van der Waals surface area contributed by atoms with Crippen molar-refractivity contribution in [1.29, 1.82) is 0 Å². The molecule has 8 nitrogen and oxygen atoms in total. The monoisotopic (exact) mass is 1020 g/mol. The molecule has 0 spiro atoms. The molecule has 0 atom stereocenters. The Morgan fingerprint density at radius 3 is 0.720 bits per heavy atom. The Morgan fingerprint density at radius 1 is 0.253 bits per heavy atom. The molecule has 0 aliphatic rings. The predicted octanol–water partition coefficient (Wildman–Crippen LogP) is 18.7. The molecule has 0 amide bonds. The molecule has 0 N–H and O–H groups in total. The van der Waals surface area contributed by atoms with Gasteiger partial charge >= 0.3 is 11.9 Å². The first-order valence-electron chi connectivity index (χ1n) is 28.5. The first kappa shape index (κ1) is 57.7. The van der Waals surface area contributed by atoms with Gasteiger partial charge in [-0.05, 0) is 151 Å². The van der Waals surface area contributed by atoms with Gasteiger partial charge in [0.25, 0.3) is 0 Å². The Morgan fingerprint density at radius 2 is 0.453 bits per heavy atom. The molecule has 0 bridgehead atoms. The lowest BCUT2D eigenvalue weighted by Gasteiger charge is -2.10. The Kier molecular flexibility index (Phi) is 26.8. The lowest BCUT2D eigenvalue weighted by molar-refractivity contribution is 0.0725. The molecule has 0 fully saturated rings. The number of esters is 2. The van der Waals surface area contributed by atoms with Crippen molar-refractivity contribution in [3.63, 3.8) is 0 Å². The summed E-state index contributed by atoms with van der Waals surface area (Å²) in [5, 5.41) is 0. The molecule has 0 aromatic heterocycles. The van der Waals surface area contributed by atoms with Crippen LogP contribution in [0.15, 0.2) is 146 Å². The van der Waals surface area contributed by atoms with E-state index in [9.17, 15) is 9.59 Å². The molecule has 400 valence electrons. The number of unbranched alkanes of at least 4 members (excludes halogenated alkanes) is 20. The van der Waals surface area contributed by atoms with Crippen LogP contribution in [0.3, 0.4) is 0 Å². The highest BCUT2D eigenvalue weighted by Gasteiger charge is 2.12. The molecular weight excluding hydrogens is 933 g/mol. The third-order valence-corrected chi connectivity index (χ3v) is 13.5. The number of ether oxygens (including phenoxy) is 6. The van der Waals surface area contributed by atoms with Crippen LogP contribution in [0.1, 0.15) is 182 Å². The number of rotatable bonds is 38. The van der Waals surface area contributed by atoms with Crippen LogP contribution < -0.4 is 28.4 Å². The average molecular weight is 1020 g/mol. The fraction of sp³-hybridized carbons (Fsp3) is 0.433. The number of carbonyl (C=O) groups is 2. The molecule has 0 saturated heterocycles. The van der Waals surface area contributed by atoms with Crippen LogP contribution in [0, 0.1) is 0 Å². The van der Waals surface area contributed by atoms with Gasteiger partial charge in [0.05, 0.1) is 37.6 Å². The van der Waals surface area contributed by atoms with E-state index in [-0.39, 0.29) is 0 Å². The molecule has 75 heavy (non-hydrogen) atoms. The molecule has 0 radical (unpaired) electrons. The van der Waals surface area contributed by atoms with Gasteiger partial charge in [-0.25, -0.2) is 9.59 Å². The molecule has 0 unspecified atom stereocenters. The van der Waals surface area contributed by atoms with E-state index in [0.29, 0.717) is 47.3 Å². The minimum Gasteiger partial charge on any atom is -0.494 e. The summed E-state index contributed by atoms with van der Waals surface area (Å²) in [6.07, 6.45) is 28.9. The zero-order chi connectivity index (χ0) is 52.4. The van der Waals surface area contributed by atoms with Crippen molar-refractivity contribution in [3.05, 3.63) is 157 Å². The van der Waals surface area contributed by atoms with E-state index in [1.165, 1.54) is 116 Å². The van der Waals surface area contributed by atoms with E-state index in [0.717, 1.165) is 79.1 Å². The predicted molar refractivity (Wildman–Crippen MR) is 306 cm³/mol. The van der Waals surface area contributed by atoms with Gasteiger partial charge in [-0.1, -0.05) is 178 Å². The average Bonchev–Trinajstić information content (AvgIpc) is 3.45. The first-order valence-corrected chi connectivity index (χ1v) is 28.5. The van der Waals surface area contributed by atoms with Gasteiger partial charge in [0, 0.05) is 0 Å². The molecule has 0 aliphatic carbocycles. The van der Waals surface area contributed by atoms with Crippen molar-refractivity contribution in [1.82, 2.24) is 0 Å². The quantitative estimate of drug-likeness (QED) is 0.0215. The normalized spacial score (nSPS) is 11.0. The summed E-state index contributed by atoms with van der Waals surface area (Å²) in [4.78, 5) is 25.9. The van der Waals surface area contributed by atoms with Gasteiger partial charge < -0.3 is 28.4 Å². The Labute approximate surface area is 449 Å². The summed E-state index contributed by atoms with van der Waals surface area (Å²) in [6, 6.07) is 45.4. The van der Waals surface area contributed by atoms with Crippen molar-refractivity contribution in [3.8, 4) is 56.8 Å². The zero-order valence-electron chi connectivity index (χ0n) is 45.2. The molecule has 6 rings (SSSR count). The van der Waals surface area contributed by atoms with Gasteiger partial charge in [-0.15, -0.1) is 0 Å². The second-order valence-corrected chi connectivity index (χ2v) is 19.7. The lowest BCUT2D eigenvalue weighted by atomic mass is 10.0. The second kappa shape index (κ2) is 34.9. The molecular formula is C67H84O8. The SMILES string of the molecule is CCCCCCCCCCCCOc1ccc(-c2ccc(C(=O)Oc3ccc(OCCCCCOc4ccc(OC(=O)c5ccc(-c6ccc(OCCCCCCCCCCCC)cc6)cc5)cc4)cc3)cc2)cc1. The minimum absolute atomic E-state index is 0.414. The minimum atomic E-state index is -0.414. The summed E-state index contributed by atoms with van der Waals surface area (Å²) in [5.74, 6) is 3.27. The van der Waals surface area contributed by atoms with Crippen LogP contribution in [0.5, 0.6) is 34.5 Å². The Bertz CT molecular complexity index is 2270. The lowest BCUT2D eigenvalue weighted by Crippen LogP contribution is -2.08. The molecule has 0 saturated carbocycles. The number of carbonyl (C=O) groups excluding carboxylic acids is 2. The van der Waals surface area contributed by atoms with Crippen molar-refractivity contribution in [2.75, 3.05) is 26.4 Å². The summed E-state index contributed by atoms with van der Waals surface area (Å²) in [7, 11) is 0. The maximum Gasteiger partial charge on any atom is 0.343 e. The highest BCUT2D eigenvalue weighted by Crippen LogP contribution is 2.27. The summed E-state index contributed by atoms with van der Waals surface area (Å²) in [6.45, 7) is 7.14. The topological polar surface area (TPSA) is 89.5 Å². The summed E-state index contributed by atoms with van der Waals surface area (Å²) in [5.41, 5.74) is 5.12. The number of benzene rings is 6. The fourth-order valence-electron chi connectivity index (χ4n) is 8.94. The van der Waals surface area contributed by atoms with Gasteiger partial charge in [0.15, 0.2) is 0 Å². The van der Waals surface area contributed by atoms with Gasteiger partial charge in [-0.3, -0.25) is 0 Å². The van der Waals surface area contributed by atoms with E-state index in [1.54, 1.807) is 48.5 Å². The van der Waals surface area contributed by atoms with Crippen molar-refractivity contribution in [2.24, 2.45) is 0 Å². The third kappa shape index (κ3) is 22.5. The van der Waals surface area contributed by atoms with Gasteiger partial charge in [0.1, 0.15) is 34.5 Å². The summed E-state index contributed by atoms with van der Waals surface area (Å²) < 4.78 is 35.1. The van der Waals surface area contributed by atoms with Crippen LogP contribution in [0.25, 0.3) is 22.3 Å². The highest BCUT2D eigenvalue weighted by atomic mass is 16.5. The van der Waals surface area contributed by atoms with E-state index in [2.05, 4.69) is 38.1 Å². The van der Waals surface area contributed by atoms with Crippen LogP contribution in [0.2, 0.25) is 0 Å². The second-order valence-electron chi connectivity index (χ2n) is 19.7. The highest BCUT2D eigenvalue weighted by molar-refractivity contribution is 5.92. The van der Waals surface area contributed by atoms with Crippen molar-refractivity contribution >= 4 is 11.9 Å². The third-order valence-electron chi connectivity index (χ3n) is 13.5. The van der Waals surface area contributed by atoms with Crippen LogP contribution in [-0.4, -0.2) is 38.4 Å². The first-order chi connectivity index (χ1) is 37.0. The summed E-state index contributed by atoms with van der Waals surface area (Å²) >= 11 is 0. The van der Waals surface area contributed by atoms with E-state index in [4.69, 9.17) is 28.4 Å². The van der Waals surface area contributed by atoms with Crippen LogP contribution >= 0.6 is 0 Å². The fourth-order valence-corrected chi connectivity index (χ4v) is 8.94. The number of hydrogen-bond donors (Lipinski definition) is 0. The molecule has 6 aromatic carbocycles.